The minimum atomic E-state index is 0.0921. The Balaban J connectivity index is 1.81. The predicted octanol–water partition coefficient (Wildman–Crippen LogP) is 5.54. The van der Waals surface area contributed by atoms with Crippen LogP contribution < -0.4 is 4.74 Å². The minimum absolute atomic E-state index is 0.0921. The van der Waals surface area contributed by atoms with E-state index in [1.54, 1.807) is 7.11 Å². The van der Waals surface area contributed by atoms with Gasteiger partial charge in [0.25, 0.3) is 0 Å². The number of ketones is 1. The van der Waals surface area contributed by atoms with E-state index >= 15 is 0 Å². The van der Waals surface area contributed by atoms with Crippen molar-refractivity contribution in [2.75, 3.05) is 20.7 Å². The van der Waals surface area contributed by atoms with E-state index in [4.69, 9.17) is 4.74 Å². The molecule has 28 heavy (non-hydrogen) atoms. The highest BCUT2D eigenvalue weighted by Crippen LogP contribution is 2.58. The second-order valence-electron chi connectivity index (χ2n) is 9.57. The number of hydrogen-bond donors (Lipinski definition) is 0. The normalized spacial score (nSPS) is 29.4. The molecule has 1 unspecified atom stereocenters. The molecule has 1 fully saturated rings. The number of rotatable bonds is 9. The Morgan fingerprint density at radius 1 is 1.21 bits per heavy atom. The van der Waals surface area contributed by atoms with E-state index in [0.29, 0.717) is 11.8 Å². The number of piperidine rings is 1. The van der Waals surface area contributed by atoms with Crippen LogP contribution >= 0.6 is 0 Å². The fraction of sp³-hybridized carbons (Fsp3) is 0.720. The van der Waals surface area contributed by atoms with Crippen LogP contribution in [0.3, 0.4) is 0 Å². The van der Waals surface area contributed by atoms with E-state index < -0.39 is 0 Å². The summed E-state index contributed by atoms with van der Waals surface area (Å²) in [5, 5.41) is 0. The number of fused-ring (bicyclic) bond motifs is 4. The summed E-state index contributed by atoms with van der Waals surface area (Å²) < 4.78 is 5.55. The zero-order valence-electron chi connectivity index (χ0n) is 18.6. The lowest BCUT2D eigenvalue weighted by Gasteiger charge is -2.62. The van der Waals surface area contributed by atoms with Crippen molar-refractivity contribution in [2.45, 2.75) is 90.0 Å². The maximum atomic E-state index is 12.6. The molecule has 0 saturated carbocycles. The topological polar surface area (TPSA) is 29.5 Å². The fourth-order valence-corrected chi connectivity index (χ4v) is 5.82. The van der Waals surface area contributed by atoms with Crippen molar-refractivity contribution >= 4 is 5.78 Å². The molecule has 1 saturated heterocycles. The van der Waals surface area contributed by atoms with Crippen LogP contribution in [-0.2, 0) is 16.6 Å². The van der Waals surface area contributed by atoms with Gasteiger partial charge in [-0.2, -0.15) is 0 Å². The highest BCUT2D eigenvalue weighted by Gasteiger charge is 2.57. The number of likely N-dealkylation sites (N-methyl/N-ethyl adjacent to an activating group) is 1. The van der Waals surface area contributed by atoms with E-state index in [0.717, 1.165) is 50.8 Å². The van der Waals surface area contributed by atoms with Gasteiger partial charge in [0.15, 0.2) is 0 Å². The van der Waals surface area contributed by atoms with Crippen molar-refractivity contribution in [3.05, 3.63) is 29.3 Å². The second-order valence-corrected chi connectivity index (χ2v) is 9.57. The number of methoxy groups -OCH3 is 1. The highest BCUT2D eigenvalue weighted by molar-refractivity contribution is 5.78. The molecule has 3 nitrogen and oxygen atoms in total. The Morgan fingerprint density at radius 3 is 2.71 bits per heavy atom. The average molecular weight is 386 g/mol. The summed E-state index contributed by atoms with van der Waals surface area (Å²) in [6, 6.07) is 7.12. The predicted molar refractivity (Wildman–Crippen MR) is 116 cm³/mol. The molecule has 1 heterocycles. The molecule has 0 spiro atoms. The Kier molecular flexibility index (Phi) is 6.54. The van der Waals surface area contributed by atoms with Gasteiger partial charge in [0, 0.05) is 24.3 Å². The van der Waals surface area contributed by atoms with E-state index in [-0.39, 0.29) is 10.8 Å². The van der Waals surface area contributed by atoms with Gasteiger partial charge in [-0.25, -0.2) is 0 Å². The highest BCUT2D eigenvalue weighted by atomic mass is 16.5. The van der Waals surface area contributed by atoms with Crippen molar-refractivity contribution in [3.63, 3.8) is 0 Å². The molecular formula is C25H39NO2. The summed E-state index contributed by atoms with van der Waals surface area (Å²) in [7, 11) is 4.02. The molecule has 2 bridgehead atoms. The molecular weight excluding hydrogens is 346 g/mol. The lowest BCUT2D eigenvalue weighted by molar-refractivity contribution is -0.121. The quantitative estimate of drug-likeness (QED) is 0.523. The van der Waals surface area contributed by atoms with Crippen LogP contribution in [0.15, 0.2) is 18.2 Å². The Bertz CT molecular complexity index is 700. The van der Waals surface area contributed by atoms with Crippen molar-refractivity contribution in [3.8, 4) is 5.75 Å². The van der Waals surface area contributed by atoms with Gasteiger partial charge >= 0.3 is 0 Å². The van der Waals surface area contributed by atoms with Gasteiger partial charge < -0.3 is 9.64 Å². The van der Waals surface area contributed by atoms with Crippen LogP contribution in [0.25, 0.3) is 0 Å². The molecule has 1 aliphatic carbocycles. The molecule has 0 radical (unpaired) electrons. The second kappa shape index (κ2) is 8.57. The zero-order chi connectivity index (χ0) is 20.4. The monoisotopic (exact) mass is 385 g/mol. The molecule has 1 aromatic rings. The van der Waals surface area contributed by atoms with Gasteiger partial charge in [-0.3, -0.25) is 4.79 Å². The van der Waals surface area contributed by atoms with Crippen LogP contribution in [0.2, 0.25) is 0 Å². The first-order valence-electron chi connectivity index (χ1n) is 11.2. The number of benzene rings is 1. The van der Waals surface area contributed by atoms with E-state index in [9.17, 15) is 4.79 Å². The fourth-order valence-electron chi connectivity index (χ4n) is 5.82. The van der Waals surface area contributed by atoms with Crippen molar-refractivity contribution in [2.24, 2.45) is 5.41 Å². The summed E-state index contributed by atoms with van der Waals surface area (Å²) >= 11 is 0. The third kappa shape index (κ3) is 3.75. The third-order valence-corrected chi connectivity index (χ3v) is 8.05. The minimum Gasteiger partial charge on any atom is -0.497 e. The molecule has 3 atom stereocenters. The third-order valence-electron chi connectivity index (χ3n) is 8.05. The SMILES string of the molecule is CCCCCCC(=O)CC[C@]1(C)C2Cc3ccc(OC)cc3[C@@]1(C)CCN2C. The number of nitrogens with zero attached hydrogens (tertiary/aromatic N) is 1. The molecule has 0 N–H and O–H groups in total. The van der Waals surface area contributed by atoms with Gasteiger partial charge in [-0.1, -0.05) is 46.1 Å². The number of carbonyl (C=O) groups excluding carboxylic acids is 1. The van der Waals surface area contributed by atoms with Gasteiger partial charge in [0.1, 0.15) is 11.5 Å². The largest absolute Gasteiger partial charge is 0.497 e. The van der Waals surface area contributed by atoms with Crippen molar-refractivity contribution < 1.29 is 9.53 Å². The van der Waals surface area contributed by atoms with E-state index in [1.807, 2.05) is 0 Å². The Labute approximate surface area is 171 Å². The Hall–Kier alpha value is -1.35. The van der Waals surface area contributed by atoms with Gasteiger partial charge in [0.2, 0.25) is 0 Å². The van der Waals surface area contributed by atoms with Crippen LogP contribution in [0.4, 0.5) is 0 Å². The number of unbranched alkanes of at least 4 members (excludes halogenated alkanes) is 3. The van der Waals surface area contributed by atoms with Gasteiger partial charge in [-0.05, 0) is 68.0 Å². The van der Waals surface area contributed by atoms with Crippen LogP contribution in [0.5, 0.6) is 5.75 Å². The summed E-state index contributed by atoms with van der Waals surface area (Å²) in [6.45, 7) is 8.23. The molecule has 156 valence electrons. The smallest absolute Gasteiger partial charge is 0.132 e. The zero-order valence-corrected chi connectivity index (χ0v) is 18.6. The lowest BCUT2D eigenvalue weighted by atomic mass is 9.49. The molecule has 1 aromatic carbocycles. The first kappa shape index (κ1) is 21.4. The van der Waals surface area contributed by atoms with Crippen LogP contribution in [0, 0.1) is 5.41 Å². The van der Waals surface area contributed by atoms with Gasteiger partial charge in [-0.15, -0.1) is 0 Å². The molecule has 1 aliphatic heterocycles. The maximum Gasteiger partial charge on any atom is 0.132 e. The molecule has 3 heteroatoms. The van der Waals surface area contributed by atoms with Crippen molar-refractivity contribution in [1.82, 2.24) is 4.90 Å². The summed E-state index contributed by atoms with van der Waals surface area (Å²) in [6.07, 6.45) is 9.41. The number of carbonyl (C=O) groups is 1. The van der Waals surface area contributed by atoms with Crippen LogP contribution in [0.1, 0.15) is 83.3 Å². The average Bonchev–Trinajstić information content (AvgIpc) is 2.69. The number of ether oxygens (including phenoxy) is 1. The van der Waals surface area contributed by atoms with E-state index in [1.165, 1.54) is 30.4 Å². The summed E-state index contributed by atoms with van der Waals surface area (Å²) in [4.78, 5) is 15.2. The number of hydrogen-bond acceptors (Lipinski definition) is 3. The number of likely N-dealkylation sites (tertiary alicyclic amines) is 1. The lowest BCUT2D eigenvalue weighted by Crippen LogP contribution is -2.64. The number of Topliss-reactive ketones (excluding diaryl/α,β-unsaturated/α-hetero) is 1. The van der Waals surface area contributed by atoms with Crippen LogP contribution in [-0.4, -0.2) is 37.4 Å². The Morgan fingerprint density at radius 2 is 2.00 bits per heavy atom. The summed E-state index contributed by atoms with van der Waals surface area (Å²) in [5.41, 5.74) is 3.12. The van der Waals surface area contributed by atoms with E-state index in [2.05, 4.69) is 50.9 Å². The molecule has 0 amide bonds. The first-order valence-corrected chi connectivity index (χ1v) is 11.2. The standard InChI is InChI=1S/C25H39NO2/c1-6-7-8-9-10-20(27)13-14-25(3)23-17-19-11-12-21(28-5)18-22(19)24(25,2)15-16-26(23)4/h11-12,18,23H,6-10,13-17H2,1-5H3/t23?,24-,25-/m1/s1. The first-order chi connectivity index (χ1) is 13.4. The maximum absolute atomic E-state index is 12.6. The summed E-state index contributed by atoms with van der Waals surface area (Å²) in [5.74, 6) is 1.41. The van der Waals surface area contributed by atoms with Crippen molar-refractivity contribution in [1.29, 1.82) is 0 Å². The molecule has 3 rings (SSSR count). The molecule has 2 aliphatic rings. The van der Waals surface area contributed by atoms with Gasteiger partial charge in [0.05, 0.1) is 7.11 Å². The molecule has 0 aromatic heterocycles.